The maximum Gasteiger partial charge on any atom is 0.244 e. The number of benzene rings is 1. The first-order chi connectivity index (χ1) is 8.83. The highest BCUT2D eigenvalue weighted by molar-refractivity contribution is 9.10. The molecule has 0 heterocycles. The molecule has 0 bridgehead atoms. The second-order valence-electron chi connectivity index (χ2n) is 6.06. The van der Waals surface area contributed by atoms with Crippen molar-refractivity contribution in [2.75, 3.05) is 6.54 Å². The normalized spacial score (nSPS) is 19.2. The average Bonchev–Trinajstić information content (AvgIpc) is 2.34. The van der Waals surface area contributed by atoms with Gasteiger partial charge in [0.1, 0.15) is 5.54 Å². The average molecular weight is 362 g/mol. The fourth-order valence-corrected chi connectivity index (χ4v) is 2.63. The van der Waals surface area contributed by atoms with Gasteiger partial charge in [-0.05, 0) is 42.9 Å². The Hall–Kier alpha value is -0.580. The van der Waals surface area contributed by atoms with Crippen LogP contribution in [0.25, 0.3) is 0 Å². The molecule has 0 aliphatic heterocycles. The van der Waals surface area contributed by atoms with Crippen molar-refractivity contribution in [2.24, 2.45) is 11.1 Å². The van der Waals surface area contributed by atoms with Crippen LogP contribution in [-0.2, 0) is 10.3 Å². The van der Waals surface area contributed by atoms with Gasteiger partial charge in [0.05, 0.1) is 0 Å². The Morgan fingerprint density at radius 3 is 2.40 bits per heavy atom. The third-order valence-electron chi connectivity index (χ3n) is 4.15. The van der Waals surface area contributed by atoms with E-state index in [1.165, 1.54) is 19.3 Å². The van der Waals surface area contributed by atoms with E-state index in [0.717, 1.165) is 16.6 Å². The summed E-state index contributed by atoms with van der Waals surface area (Å²) in [5.74, 6) is -0.108. The Kier molecular flexibility index (Phi) is 5.64. The number of nitrogens with one attached hydrogen (secondary N) is 1. The van der Waals surface area contributed by atoms with Gasteiger partial charge in [0.25, 0.3) is 0 Å². The van der Waals surface area contributed by atoms with Crippen LogP contribution < -0.4 is 11.1 Å². The van der Waals surface area contributed by atoms with E-state index >= 15 is 0 Å². The molecule has 112 valence electrons. The highest BCUT2D eigenvalue weighted by Crippen LogP contribution is 2.39. The fraction of sp³-hybridized carbons (Fsp3) is 0.533. The summed E-state index contributed by atoms with van der Waals surface area (Å²) < 4.78 is 0.981. The summed E-state index contributed by atoms with van der Waals surface area (Å²) in [6.07, 6.45) is 3.64. The predicted octanol–water partition coefficient (Wildman–Crippen LogP) is 3.35. The van der Waals surface area contributed by atoms with E-state index in [1.54, 1.807) is 6.92 Å². The number of carbonyl (C=O) groups is 1. The number of carbonyl (C=O) groups excluding carboxylic acids is 1. The Morgan fingerprint density at radius 2 is 1.95 bits per heavy atom. The van der Waals surface area contributed by atoms with Crippen LogP contribution in [0.3, 0.4) is 0 Å². The molecule has 20 heavy (non-hydrogen) atoms. The van der Waals surface area contributed by atoms with E-state index in [-0.39, 0.29) is 23.7 Å². The molecule has 1 aliphatic rings. The van der Waals surface area contributed by atoms with E-state index in [1.807, 2.05) is 24.3 Å². The number of hydrogen-bond donors (Lipinski definition) is 2. The minimum absolute atomic E-state index is 0. The zero-order valence-electron chi connectivity index (χ0n) is 11.9. The first-order valence-electron chi connectivity index (χ1n) is 6.67. The topological polar surface area (TPSA) is 55.1 Å². The van der Waals surface area contributed by atoms with Gasteiger partial charge in [0.15, 0.2) is 0 Å². The third kappa shape index (κ3) is 3.74. The molecule has 1 aromatic carbocycles. The smallest absolute Gasteiger partial charge is 0.244 e. The Morgan fingerprint density at radius 1 is 1.40 bits per heavy atom. The molecule has 1 aliphatic carbocycles. The van der Waals surface area contributed by atoms with E-state index in [2.05, 4.69) is 28.2 Å². The molecular formula is C15H22BrClN2O. The molecule has 2 rings (SSSR count). The van der Waals surface area contributed by atoms with Gasteiger partial charge >= 0.3 is 0 Å². The lowest BCUT2D eigenvalue weighted by Crippen LogP contribution is -2.52. The molecular weight excluding hydrogens is 340 g/mol. The van der Waals surface area contributed by atoms with Gasteiger partial charge in [-0.1, -0.05) is 41.4 Å². The fourth-order valence-electron chi connectivity index (χ4n) is 2.36. The van der Waals surface area contributed by atoms with Gasteiger partial charge in [0.2, 0.25) is 5.91 Å². The third-order valence-corrected chi connectivity index (χ3v) is 4.68. The first kappa shape index (κ1) is 17.5. The highest BCUT2D eigenvalue weighted by atomic mass is 79.9. The van der Waals surface area contributed by atoms with Crippen molar-refractivity contribution < 1.29 is 4.79 Å². The number of nitrogens with two attached hydrogens (primary N) is 1. The molecule has 3 nitrogen and oxygen atoms in total. The minimum atomic E-state index is -0.985. The van der Waals surface area contributed by atoms with Gasteiger partial charge < -0.3 is 11.1 Å². The minimum Gasteiger partial charge on any atom is -0.354 e. The standard InChI is InChI=1S/C15H21BrN2O.ClH/c1-14(8-3-9-14)10-18-13(19)15(2,17)11-4-6-12(16)7-5-11;/h4-7H,3,8-10,17H2,1-2H3,(H,18,19);1H. The molecule has 1 fully saturated rings. The molecule has 3 N–H and O–H groups in total. The van der Waals surface area contributed by atoms with E-state index < -0.39 is 5.54 Å². The number of amides is 1. The van der Waals surface area contributed by atoms with Crippen LogP contribution in [0, 0.1) is 5.41 Å². The summed E-state index contributed by atoms with van der Waals surface area (Å²) in [7, 11) is 0. The molecule has 0 saturated heterocycles. The lowest BCUT2D eigenvalue weighted by atomic mass is 9.70. The van der Waals surface area contributed by atoms with Crippen LogP contribution in [0.1, 0.15) is 38.7 Å². The SMILES string of the molecule is CC1(CNC(=O)C(C)(N)c2ccc(Br)cc2)CCC1.Cl. The number of rotatable bonds is 4. The van der Waals surface area contributed by atoms with Gasteiger partial charge in [0, 0.05) is 11.0 Å². The molecule has 0 aromatic heterocycles. The van der Waals surface area contributed by atoms with Crippen LogP contribution >= 0.6 is 28.3 Å². The zero-order valence-corrected chi connectivity index (χ0v) is 14.3. The van der Waals surface area contributed by atoms with Gasteiger partial charge in [-0.15, -0.1) is 12.4 Å². The highest BCUT2D eigenvalue weighted by Gasteiger charge is 2.35. The second kappa shape index (κ2) is 6.46. The van der Waals surface area contributed by atoms with Crippen molar-refractivity contribution in [3.8, 4) is 0 Å². The number of halogens is 2. The van der Waals surface area contributed by atoms with Crippen molar-refractivity contribution in [1.29, 1.82) is 0 Å². The van der Waals surface area contributed by atoms with Crippen molar-refractivity contribution in [3.05, 3.63) is 34.3 Å². The lowest BCUT2D eigenvalue weighted by molar-refractivity contribution is -0.126. The summed E-state index contributed by atoms with van der Waals surface area (Å²) >= 11 is 3.38. The van der Waals surface area contributed by atoms with Crippen LogP contribution in [0.4, 0.5) is 0 Å². The zero-order chi connectivity index (χ0) is 14.1. The second-order valence-corrected chi connectivity index (χ2v) is 6.97. The van der Waals surface area contributed by atoms with Gasteiger partial charge in [-0.3, -0.25) is 4.79 Å². The summed E-state index contributed by atoms with van der Waals surface area (Å²) in [6, 6.07) is 7.57. The first-order valence-corrected chi connectivity index (χ1v) is 7.46. The van der Waals surface area contributed by atoms with Gasteiger partial charge in [-0.2, -0.15) is 0 Å². The van der Waals surface area contributed by atoms with Crippen LogP contribution in [-0.4, -0.2) is 12.5 Å². The molecule has 1 aromatic rings. The van der Waals surface area contributed by atoms with E-state index in [0.29, 0.717) is 0 Å². The lowest BCUT2D eigenvalue weighted by Gasteiger charge is -2.39. The molecule has 1 unspecified atom stereocenters. The summed E-state index contributed by atoms with van der Waals surface area (Å²) in [4.78, 5) is 12.3. The Labute approximate surface area is 135 Å². The van der Waals surface area contributed by atoms with Crippen molar-refractivity contribution in [3.63, 3.8) is 0 Å². The largest absolute Gasteiger partial charge is 0.354 e. The molecule has 1 amide bonds. The quantitative estimate of drug-likeness (QED) is 0.864. The van der Waals surface area contributed by atoms with Crippen LogP contribution in [0.5, 0.6) is 0 Å². The molecule has 5 heteroatoms. The molecule has 0 radical (unpaired) electrons. The predicted molar refractivity (Wildman–Crippen MR) is 87.9 cm³/mol. The number of hydrogen-bond acceptors (Lipinski definition) is 2. The van der Waals surface area contributed by atoms with Gasteiger partial charge in [-0.25, -0.2) is 0 Å². The van der Waals surface area contributed by atoms with Crippen molar-refractivity contribution in [2.45, 2.75) is 38.6 Å². The van der Waals surface area contributed by atoms with Crippen LogP contribution in [0.15, 0.2) is 28.7 Å². The Bertz CT molecular complexity index is 469. The van der Waals surface area contributed by atoms with E-state index in [9.17, 15) is 4.79 Å². The van der Waals surface area contributed by atoms with Crippen LogP contribution in [0.2, 0.25) is 0 Å². The maximum absolute atomic E-state index is 12.3. The van der Waals surface area contributed by atoms with E-state index in [4.69, 9.17) is 5.73 Å². The molecule has 1 atom stereocenters. The summed E-state index contributed by atoms with van der Waals surface area (Å²) in [5, 5.41) is 3.00. The molecule has 1 saturated carbocycles. The summed E-state index contributed by atoms with van der Waals surface area (Å²) in [5.41, 5.74) is 6.30. The summed E-state index contributed by atoms with van der Waals surface area (Å²) in [6.45, 7) is 4.69. The Balaban J connectivity index is 0.00000200. The molecule has 0 spiro atoms. The van der Waals surface area contributed by atoms with Crippen molar-refractivity contribution in [1.82, 2.24) is 5.32 Å². The maximum atomic E-state index is 12.3. The van der Waals surface area contributed by atoms with Crippen molar-refractivity contribution >= 4 is 34.2 Å². The monoisotopic (exact) mass is 360 g/mol.